The van der Waals surface area contributed by atoms with E-state index >= 15 is 0 Å². The van der Waals surface area contributed by atoms with E-state index in [2.05, 4.69) is 11.1 Å². The van der Waals surface area contributed by atoms with Gasteiger partial charge in [0.15, 0.2) is 0 Å². The number of nitrogens with zero attached hydrogens (tertiary/aromatic N) is 2. The predicted octanol–water partition coefficient (Wildman–Crippen LogP) is 1.74. The van der Waals surface area contributed by atoms with Gasteiger partial charge in [0.05, 0.1) is 0 Å². The second kappa shape index (κ2) is 2.35. The molecule has 2 aliphatic rings. The van der Waals surface area contributed by atoms with Gasteiger partial charge in [0, 0.05) is 30.2 Å². The van der Waals surface area contributed by atoms with Crippen LogP contribution in [0, 0.1) is 0 Å². The monoisotopic (exact) mass is 158 g/mol. The van der Waals surface area contributed by atoms with E-state index in [9.17, 15) is 0 Å². The third-order valence-corrected chi connectivity index (χ3v) is 2.48. The molecule has 0 saturated heterocycles. The SMILES string of the molecule is ClN1C=CN(C2CCC2)C1. The van der Waals surface area contributed by atoms with Crippen LogP contribution in [0.5, 0.6) is 0 Å². The molecular formula is C7H11ClN2. The predicted molar refractivity (Wildman–Crippen MR) is 41.2 cm³/mol. The molecule has 1 fully saturated rings. The summed E-state index contributed by atoms with van der Waals surface area (Å²) < 4.78 is 1.69. The maximum atomic E-state index is 5.74. The number of hydrogen-bond donors (Lipinski definition) is 0. The third kappa shape index (κ3) is 0.966. The quantitative estimate of drug-likeness (QED) is 0.537. The first-order valence-electron chi connectivity index (χ1n) is 3.73. The minimum absolute atomic E-state index is 0.778. The average molecular weight is 159 g/mol. The van der Waals surface area contributed by atoms with Crippen LogP contribution < -0.4 is 0 Å². The third-order valence-electron chi connectivity index (χ3n) is 2.26. The molecule has 0 radical (unpaired) electrons. The summed E-state index contributed by atoms with van der Waals surface area (Å²) in [5, 5.41) is 0. The van der Waals surface area contributed by atoms with Crippen molar-refractivity contribution < 1.29 is 0 Å². The summed E-state index contributed by atoms with van der Waals surface area (Å²) in [5.41, 5.74) is 0. The van der Waals surface area contributed by atoms with Crippen LogP contribution in [0.3, 0.4) is 0 Å². The Labute approximate surface area is 66.2 Å². The van der Waals surface area contributed by atoms with Gasteiger partial charge in [-0.15, -0.1) is 0 Å². The van der Waals surface area contributed by atoms with E-state index in [1.165, 1.54) is 19.3 Å². The fourth-order valence-electron chi connectivity index (χ4n) is 1.36. The zero-order chi connectivity index (χ0) is 6.97. The molecule has 0 spiro atoms. The van der Waals surface area contributed by atoms with Crippen molar-refractivity contribution in [2.45, 2.75) is 25.3 Å². The molecule has 0 unspecified atom stereocenters. The molecule has 1 aliphatic carbocycles. The molecule has 0 N–H and O–H groups in total. The summed E-state index contributed by atoms with van der Waals surface area (Å²) in [7, 11) is 0. The first-order chi connectivity index (χ1) is 4.86. The van der Waals surface area contributed by atoms with Gasteiger partial charge in [-0.05, 0) is 19.3 Å². The summed E-state index contributed by atoms with van der Waals surface area (Å²) >= 11 is 5.74. The lowest BCUT2D eigenvalue weighted by Gasteiger charge is -2.34. The smallest absolute Gasteiger partial charge is 0.105 e. The van der Waals surface area contributed by atoms with Crippen LogP contribution in [0.15, 0.2) is 12.4 Å². The Morgan fingerprint density at radius 3 is 2.50 bits per heavy atom. The van der Waals surface area contributed by atoms with Gasteiger partial charge < -0.3 is 4.90 Å². The van der Waals surface area contributed by atoms with Crippen molar-refractivity contribution in [3.8, 4) is 0 Å². The van der Waals surface area contributed by atoms with Crippen molar-refractivity contribution in [2.75, 3.05) is 6.67 Å². The highest BCUT2D eigenvalue weighted by molar-refractivity contribution is 6.14. The summed E-state index contributed by atoms with van der Waals surface area (Å²) in [5.74, 6) is 0. The fourth-order valence-corrected chi connectivity index (χ4v) is 1.54. The van der Waals surface area contributed by atoms with Crippen LogP contribution >= 0.6 is 11.8 Å². The van der Waals surface area contributed by atoms with Gasteiger partial charge in [0.1, 0.15) is 6.67 Å². The van der Waals surface area contributed by atoms with Crippen LogP contribution in [0.25, 0.3) is 0 Å². The molecule has 0 amide bonds. The lowest BCUT2D eigenvalue weighted by atomic mass is 9.92. The first kappa shape index (κ1) is 6.35. The van der Waals surface area contributed by atoms with Crippen molar-refractivity contribution in [1.29, 1.82) is 0 Å². The topological polar surface area (TPSA) is 6.48 Å². The highest BCUT2D eigenvalue weighted by atomic mass is 35.5. The molecule has 0 aromatic carbocycles. The van der Waals surface area contributed by atoms with E-state index in [0.717, 1.165) is 12.7 Å². The van der Waals surface area contributed by atoms with Gasteiger partial charge in [0.2, 0.25) is 0 Å². The van der Waals surface area contributed by atoms with Crippen molar-refractivity contribution in [2.24, 2.45) is 0 Å². The summed E-state index contributed by atoms with van der Waals surface area (Å²) in [6.07, 6.45) is 8.07. The van der Waals surface area contributed by atoms with Crippen molar-refractivity contribution in [1.82, 2.24) is 9.32 Å². The highest BCUT2D eigenvalue weighted by Gasteiger charge is 2.25. The summed E-state index contributed by atoms with van der Waals surface area (Å²) in [6, 6.07) is 0.778. The lowest BCUT2D eigenvalue weighted by molar-refractivity contribution is 0.174. The molecule has 56 valence electrons. The average Bonchev–Trinajstić information content (AvgIpc) is 2.10. The molecule has 3 heteroatoms. The van der Waals surface area contributed by atoms with Gasteiger partial charge >= 0.3 is 0 Å². The Balaban J connectivity index is 1.89. The van der Waals surface area contributed by atoms with Crippen LogP contribution in [-0.4, -0.2) is 22.0 Å². The Morgan fingerprint density at radius 1 is 1.30 bits per heavy atom. The van der Waals surface area contributed by atoms with Gasteiger partial charge in [-0.25, -0.2) is 0 Å². The van der Waals surface area contributed by atoms with E-state index in [0.29, 0.717) is 0 Å². The molecule has 2 rings (SSSR count). The molecule has 1 saturated carbocycles. The van der Waals surface area contributed by atoms with Gasteiger partial charge in [-0.2, -0.15) is 0 Å². The Kier molecular flexibility index (Phi) is 1.49. The molecule has 0 bridgehead atoms. The molecule has 1 heterocycles. The standard InChI is InChI=1S/C7H11ClN2/c8-10-5-4-9(6-10)7-2-1-3-7/h4-5,7H,1-3,6H2. The van der Waals surface area contributed by atoms with Gasteiger partial charge in [-0.3, -0.25) is 4.42 Å². The molecule has 0 aromatic rings. The summed E-state index contributed by atoms with van der Waals surface area (Å²) in [6.45, 7) is 0.867. The van der Waals surface area contributed by atoms with Crippen LogP contribution in [-0.2, 0) is 0 Å². The van der Waals surface area contributed by atoms with E-state index in [1.54, 1.807) is 4.42 Å². The molecule has 0 aromatic heterocycles. The minimum Gasteiger partial charge on any atom is -0.354 e. The second-order valence-electron chi connectivity index (χ2n) is 2.94. The van der Waals surface area contributed by atoms with Crippen LogP contribution in [0.2, 0.25) is 0 Å². The molecule has 0 atom stereocenters. The molecular weight excluding hydrogens is 148 g/mol. The number of rotatable bonds is 1. The van der Waals surface area contributed by atoms with Crippen molar-refractivity contribution >= 4 is 11.8 Å². The van der Waals surface area contributed by atoms with Crippen LogP contribution in [0.4, 0.5) is 0 Å². The summed E-state index contributed by atoms with van der Waals surface area (Å²) in [4.78, 5) is 2.30. The normalized spacial score (nSPS) is 25.7. The van der Waals surface area contributed by atoms with Crippen molar-refractivity contribution in [3.05, 3.63) is 12.4 Å². The Morgan fingerprint density at radius 2 is 2.10 bits per heavy atom. The number of hydrogen-bond acceptors (Lipinski definition) is 2. The van der Waals surface area contributed by atoms with Gasteiger partial charge in [-0.1, -0.05) is 0 Å². The van der Waals surface area contributed by atoms with Gasteiger partial charge in [0.25, 0.3) is 0 Å². The maximum Gasteiger partial charge on any atom is 0.105 e. The molecule has 2 nitrogen and oxygen atoms in total. The van der Waals surface area contributed by atoms with E-state index in [1.807, 2.05) is 6.20 Å². The van der Waals surface area contributed by atoms with E-state index < -0.39 is 0 Å². The fraction of sp³-hybridized carbons (Fsp3) is 0.714. The first-order valence-corrected chi connectivity index (χ1v) is 4.06. The Hall–Kier alpha value is -0.370. The van der Waals surface area contributed by atoms with Crippen LogP contribution in [0.1, 0.15) is 19.3 Å². The van der Waals surface area contributed by atoms with Crippen molar-refractivity contribution in [3.63, 3.8) is 0 Å². The highest BCUT2D eigenvalue weighted by Crippen LogP contribution is 2.27. The van der Waals surface area contributed by atoms with E-state index in [4.69, 9.17) is 11.8 Å². The molecule has 1 aliphatic heterocycles. The lowest BCUT2D eigenvalue weighted by Crippen LogP contribution is -2.36. The largest absolute Gasteiger partial charge is 0.354 e. The Bertz CT molecular complexity index is 154. The molecule has 10 heavy (non-hydrogen) atoms. The minimum atomic E-state index is 0.778. The zero-order valence-electron chi connectivity index (χ0n) is 5.83. The van der Waals surface area contributed by atoms with E-state index in [-0.39, 0.29) is 0 Å². The zero-order valence-corrected chi connectivity index (χ0v) is 6.59. The second-order valence-corrected chi connectivity index (χ2v) is 3.37. The maximum absolute atomic E-state index is 5.74. The number of halogens is 1.